The zero-order valence-corrected chi connectivity index (χ0v) is 11.7. The van der Waals surface area contributed by atoms with E-state index >= 15 is 0 Å². The molecule has 0 aliphatic carbocycles. The quantitative estimate of drug-likeness (QED) is 0.862. The molecular weight excluding hydrogens is 222 g/mol. The molecule has 0 spiro atoms. The fraction of sp³-hybridized carbons (Fsp3) is 0.600. The summed E-state index contributed by atoms with van der Waals surface area (Å²) in [5.41, 5.74) is 9.88. The Balaban J connectivity index is 2.02. The number of anilines is 1. The van der Waals surface area contributed by atoms with E-state index in [1.165, 1.54) is 36.2 Å². The minimum Gasteiger partial charge on any atom is -0.374 e. The lowest BCUT2D eigenvalue weighted by Gasteiger charge is -2.28. The number of rotatable bonds is 5. The van der Waals surface area contributed by atoms with Gasteiger partial charge in [0.1, 0.15) is 0 Å². The molecule has 0 fully saturated rings. The Hall–Kier alpha value is -1.06. The van der Waals surface area contributed by atoms with Crippen molar-refractivity contribution in [3.63, 3.8) is 0 Å². The second kappa shape index (κ2) is 6.21. The van der Waals surface area contributed by atoms with E-state index in [1.807, 2.05) is 0 Å². The van der Waals surface area contributed by atoms with Crippen LogP contribution in [0.1, 0.15) is 24.0 Å². The minimum absolute atomic E-state index is 0.777. The summed E-state index contributed by atoms with van der Waals surface area (Å²) in [5, 5.41) is 0. The van der Waals surface area contributed by atoms with Crippen molar-refractivity contribution in [3.8, 4) is 0 Å². The monoisotopic (exact) mass is 247 g/mol. The molecule has 1 aliphatic rings. The van der Waals surface area contributed by atoms with Crippen LogP contribution in [0.25, 0.3) is 0 Å². The first-order valence-electron chi connectivity index (χ1n) is 6.92. The van der Waals surface area contributed by atoms with Crippen LogP contribution in [0, 0.1) is 0 Å². The first-order chi connectivity index (χ1) is 8.70. The molecule has 18 heavy (non-hydrogen) atoms. The highest BCUT2D eigenvalue weighted by molar-refractivity contribution is 5.56. The number of aryl methyl sites for hydroxylation is 1. The van der Waals surface area contributed by atoms with Crippen LogP contribution in [-0.2, 0) is 13.0 Å². The zero-order valence-electron chi connectivity index (χ0n) is 11.7. The normalized spacial score (nSPS) is 15.0. The molecule has 0 aromatic heterocycles. The Kier molecular flexibility index (Phi) is 4.61. The average Bonchev–Trinajstić information content (AvgIpc) is 2.36. The fourth-order valence-corrected chi connectivity index (χ4v) is 2.69. The van der Waals surface area contributed by atoms with Crippen LogP contribution >= 0.6 is 0 Å². The SMILES string of the molecule is CN(CCCN)Cc1ccc2c(c1)CCCN2C. The van der Waals surface area contributed by atoms with E-state index in [4.69, 9.17) is 5.73 Å². The molecule has 0 saturated heterocycles. The molecule has 3 nitrogen and oxygen atoms in total. The number of hydrogen-bond acceptors (Lipinski definition) is 3. The molecule has 0 amide bonds. The van der Waals surface area contributed by atoms with Gasteiger partial charge in [-0.3, -0.25) is 0 Å². The molecule has 0 radical (unpaired) electrons. The first-order valence-corrected chi connectivity index (χ1v) is 6.92. The van der Waals surface area contributed by atoms with Crippen molar-refractivity contribution < 1.29 is 0 Å². The van der Waals surface area contributed by atoms with Crippen molar-refractivity contribution in [3.05, 3.63) is 29.3 Å². The van der Waals surface area contributed by atoms with Crippen LogP contribution in [0.15, 0.2) is 18.2 Å². The van der Waals surface area contributed by atoms with E-state index in [-0.39, 0.29) is 0 Å². The smallest absolute Gasteiger partial charge is 0.0396 e. The summed E-state index contributed by atoms with van der Waals surface area (Å²) in [6.45, 7) is 4.06. The van der Waals surface area contributed by atoms with Gasteiger partial charge in [0.2, 0.25) is 0 Å². The Morgan fingerprint density at radius 1 is 1.39 bits per heavy atom. The molecule has 100 valence electrons. The van der Waals surface area contributed by atoms with Crippen LogP contribution in [0.2, 0.25) is 0 Å². The average molecular weight is 247 g/mol. The lowest BCUT2D eigenvalue weighted by atomic mass is 9.99. The fourth-order valence-electron chi connectivity index (χ4n) is 2.69. The molecule has 1 heterocycles. The second-order valence-corrected chi connectivity index (χ2v) is 5.37. The van der Waals surface area contributed by atoms with E-state index in [0.29, 0.717) is 0 Å². The highest BCUT2D eigenvalue weighted by Gasteiger charge is 2.13. The predicted octanol–water partition coefficient (Wildman–Crippen LogP) is 1.85. The van der Waals surface area contributed by atoms with Crippen molar-refractivity contribution in [2.75, 3.05) is 38.6 Å². The molecule has 2 N–H and O–H groups in total. The Morgan fingerprint density at radius 2 is 2.22 bits per heavy atom. The summed E-state index contributed by atoms with van der Waals surface area (Å²) in [7, 11) is 4.35. The molecule has 3 heteroatoms. The van der Waals surface area contributed by atoms with Crippen LogP contribution in [-0.4, -0.2) is 38.6 Å². The molecule has 1 aromatic rings. The van der Waals surface area contributed by atoms with E-state index in [0.717, 1.165) is 26.1 Å². The van der Waals surface area contributed by atoms with Gasteiger partial charge in [0.05, 0.1) is 0 Å². The molecule has 0 atom stereocenters. The summed E-state index contributed by atoms with van der Waals surface area (Å²) in [4.78, 5) is 4.71. The van der Waals surface area contributed by atoms with Gasteiger partial charge in [0.15, 0.2) is 0 Å². The van der Waals surface area contributed by atoms with Gasteiger partial charge < -0.3 is 15.5 Å². The van der Waals surface area contributed by atoms with E-state index in [2.05, 4.69) is 42.1 Å². The van der Waals surface area contributed by atoms with Gasteiger partial charge in [-0.2, -0.15) is 0 Å². The molecule has 0 unspecified atom stereocenters. The van der Waals surface area contributed by atoms with E-state index < -0.39 is 0 Å². The summed E-state index contributed by atoms with van der Waals surface area (Å²) in [5.74, 6) is 0. The molecule has 1 aliphatic heterocycles. The van der Waals surface area contributed by atoms with Gasteiger partial charge >= 0.3 is 0 Å². The van der Waals surface area contributed by atoms with Crippen LogP contribution in [0.5, 0.6) is 0 Å². The first kappa shape index (κ1) is 13.4. The van der Waals surface area contributed by atoms with Crippen LogP contribution < -0.4 is 10.6 Å². The molecule has 0 bridgehead atoms. The zero-order chi connectivity index (χ0) is 13.0. The van der Waals surface area contributed by atoms with Crippen molar-refractivity contribution in [2.45, 2.75) is 25.8 Å². The third-order valence-electron chi connectivity index (χ3n) is 3.69. The van der Waals surface area contributed by atoms with Gasteiger partial charge in [-0.15, -0.1) is 0 Å². The molecular formula is C15H25N3. The Bertz CT molecular complexity index is 389. The summed E-state index contributed by atoms with van der Waals surface area (Å²) < 4.78 is 0. The highest BCUT2D eigenvalue weighted by Crippen LogP contribution is 2.27. The van der Waals surface area contributed by atoms with Crippen LogP contribution in [0.3, 0.4) is 0 Å². The van der Waals surface area contributed by atoms with Gasteiger partial charge in [-0.25, -0.2) is 0 Å². The highest BCUT2D eigenvalue weighted by atomic mass is 15.1. The Labute approximate surface area is 111 Å². The number of nitrogens with two attached hydrogens (primary N) is 1. The maximum Gasteiger partial charge on any atom is 0.0396 e. The maximum atomic E-state index is 5.54. The number of nitrogens with zero attached hydrogens (tertiary/aromatic N) is 2. The molecule has 0 saturated carbocycles. The third-order valence-corrected chi connectivity index (χ3v) is 3.69. The maximum absolute atomic E-state index is 5.54. The Morgan fingerprint density at radius 3 is 3.00 bits per heavy atom. The van der Waals surface area contributed by atoms with Gasteiger partial charge in [0, 0.05) is 25.8 Å². The topological polar surface area (TPSA) is 32.5 Å². The van der Waals surface area contributed by atoms with E-state index in [1.54, 1.807) is 0 Å². The minimum atomic E-state index is 0.777. The number of benzene rings is 1. The summed E-state index contributed by atoms with van der Waals surface area (Å²) >= 11 is 0. The summed E-state index contributed by atoms with van der Waals surface area (Å²) in [6.07, 6.45) is 3.57. The number of fused-ring (bicyclic) bond motifs is 1. The molecule has 2 rings (SSSR count). The van der Waals surface area contributed by atoms with Crippen LogP contribution in [0.4, 0.5) is 5.69 Å². The lowest BCUT2D eigenvalue weighted by molar-refractivity contribution is 0.324. The van der Waals surface area contributed by atoms with Crippen molar-refractivity contribution in [2.24, 2.45) is 5.73 Å². The van der Waals surface area contributed by atoms with Crippen molar-refractivity contribution in [1.82, 2.24) is 4.90 Å². The van der Waals surface area contributed by atoms with E-state index in [9.17, 15) is 0 Å². The second-order valence-electron chi connectivity index (χ2n) is 5.37. The lowest BCUT2D eigenvalue weighted by Crippen LogP contribution is -2.25. The van der Waals surface area contributed by atoms with Crippen molar-refractivity contribution >= 4 is 5.69 Å². The standard InChI is InChI=1S/C15H25N3/c1-17(9-4-8-16)12-13-6-7-15-14(11-13)5-3-10-18(15)2/h6-7,11H,3-5,8-10,12,16H2,1-2H3. The molecule has 1 aromatic carbocycles. The summed E-state index contributed by atoms with van der Waals surface area (Å²) in [6, 6.07) is 6.92. The third kappa shape index (κ3) is 3.24. The van der Waals surface area contributed by atoms with Gasteiger partial charge in [-0.1, -0.05) is 12.1 Å². The number of hydrogen-bond donors (Lipinski definition) is 1. The largest absolute Gasteiger partial charge is 0.374 e. The van der Waals surface area contributed by atoms with Crippen molar-refractivity contribution in [1.29, 1.82) is 0 Å². The van der Waals surface area contributed by atoms with Gasteiger partial charge in [-0.05, 0) is 56.6 Å². The van der Waals surface area contributed by atoms with Gasteiger partial charge in [0.25, 0.3) is 0 Å². The predicted molar refractivity (Wildman–Crippen MR) is 78.0 cm³/mol.